The van der Waals surface area contributed by atoms with Gasteiger partial charge in [-0.3, -0.25) is 0 Å². The van der Waals surface area contributed by atoms with Crippen LogP contribution in [-0.4, -0.2) is 59.0 Å². The number of aryl methyl sites for hydroxylation is 1. The van der Waals surface area contributed by atoms with Gasteiger partial charge in [-0.25, -0.2) is 0 Å². The summed E-state index contributed by atoms with van der Waals surface area (Å²) in [6.07, 6.45) is -0.429. The summed E-state index contributed by atoms with van der Waals surface area (Å²) in [5.74, 6) is 1.45. The number of H-pyrrole nitrogens is 1. The number of aliphatic hydroxyl groups is 1. The number of rotatable bonds is 4. The normalized spacial score (nSPS) is 17.2. The van der Waals surface area contributed by atoms with E-state index in [9.17, 15) is 5.11 Å². The van der Waals surface area contributed by atoms with Gasteiger partial charge in [0.15, 0.2) is 0 Å². The summed E-state index contributed by atoms with van der Waals surface area (Å²) in [6.45, 7) is 7.18. The van der Waals surface area contributed by atoms with E-state index in [1.165, 1.54) is 0 Å². The molecule has 114 valence electrons. The van der Waals surface area contributed by atoms with Crippen LogP contribution in [0.5, 0.6) is 0 Å². The zero-order valence-corrected chi connectivity index (χ0v) is 12.4. The van der Waals surface area contributed by atoms with Gasteiger partial charge in [-0.2, -0.15) is 9.97 Å². The minimum atomic E-state index is -0.429. The van der Waals surface area contributed by atoms with Crippen molar-refractivity contribution in [2.45, 2.75) is 20.0 Å². The zero-order valence-electron chi connectivity index (χ0n) is 12.4. The molecule has 3 heterocycles. The van der Waals surface area contributed by atoms with E-state index in [1.807, 2.05) is 13.0 Å². The van der Waals surface area contributed by atoms with Gasteiger partial charge in [-0.1, -0.05) is 0 Å². The first-order chi connectivity index (χ1) is 10.1. The Kier molecular flexibility index (Phi) is 3.94. The Morgan fingerprint density at radius 3 is 2.90 bits per heavy atom. The van der Waals surface area contributed by atoms with E-state index >= 15 is 0 Å². The predicted octanol–water partition coefficient (Wildman–Crippen LogP) is 0.896. The first-order valence-corrected chi connectivity index (χ1v) is 7.25. The fourth-order valence-electron chi connectivity index (χ4n) is 2.41. The lowest BCUT2D eigenvalue weighted by Gasteiger charge is -2.27. The number of nitrogens with one attached hydrogen (secondary N) is 2. The summed E-state index contributed by atoms with van der Waals surface area (Å²) in [5, 5.41) is 13.6. The smallest absolute Gasteiger partial charge is 0.229 e. The Morgan fingerprint density at radius 1 is 1.43 bits per heavy atom. The maximum atomic E-state index is 9.47. The Hall–Kier alpha value is -1.86. The van der Waals surface area contributed by atoms with Crippen LogP contribution in [0.25, 0.3) is 11.0 Å². The van der Waals surface area contributed by atoms with E-state index < -0.39 is 6.10 Å². The number of hydrogen-bond acceptors (Lipinski definition) is 6. The van der Waals surface area contributed by atoms with Crippen LogP contribution in [0.3, 0.4) is 0 Å². The highest BCUT2D eigenvalue weighted by atomic mass is 16.5. The van der Waals surface area contributed by atoms with Crippen molar-refractivity contribution in [1.82, 2.24) is 15.0 Å². The van der Waals surface area contributed by atoms with Crippen LogP contribution in [0.1, 0.15) is 12.6 Å². The number of ether oxygens (including phenoxy) is 1. The van der Waals surface area contributed by atoms with Gasteiger partial charge in [0.05, 0.1) is 24.7 Å². The maximum Gasteiger partial charge on any atom is 0.229 e. The molecule has 3 rings (SSSR count). The molecule has 0 aliphatic carbocycles. The molecular weight excluding hydrogens is 270 g/mol. The standard InChI is InChI=1S/C14H21N5O2/c1-9-7-11-12(15-8-10(2)20)17-14(18-13(11)16-9)19-3-5-21-6-4-19/h7,10,20H,3-6,8H2,1-2H3,(H2,15,16,17,18). The topological polar surface area (TPSA) is 86.3 Å². The van der Waals surface area contributed by atoms with Crippen molar-refractivity contribution in [3.8, 4) is 0 Å². The van der Waals surface area contributed by atoms with Crippen molar-refractivity contribution in [3.63, 3.8) is 0 Å². The zero-order chi connectivity index (χ0) is 14.8. The molecule has 1 atom stereocenters. The van der Waals surface area contributed by atoms with Crippen molar-refractivity contribution >= 4 is 22.8 Å². The number of aromatic nitrogens is 3. The number of anilines is 2. The number of morpholine rings is 1. The van der Waals surface area contributed by atoms with Gasteiger partial charge in [-0.05, 0) is 19.9 Å². The quantitative estimate of drug-likeness (QED) is 0.776. The van der Waals surface area contributed by atoms with E-state index in [-0.39, 0.29) is 0 Å². The molecule has 21 heavy (non-hydrogen) atoms. The molecule has 1 fully saturated rings. The third kappa shape index (κ3) is 3.08. The summed E-state index contributed by atoms with van der Waals surface area (Å²) in [6, 6.07) is 2.02. The maximum absolute atomic E-state index is 9.47. The van der Waals surface area contributed by atoms with E-state index in [1.54, 1.807) is 6.92 Å². The third-order valence-electron chi connectivity index (χ3n) is 3.47. The summed E-state index contributed by atoms with van der Waals surface area (Å²) >= 11 is 0. The molecule has 1 aliphatic rings. The van der Waals surface area contributed by atoms with Crippen LogP contribution >= 0.6 is 0 Å². The highest BCUT2D eigenvalue weighted by Crippen LogP contribution is 2.24. The van der Waals surface area contributed by atoms with Gasteiger partial charge < -0.3 is 25.0 Å². The second kappa shape index (κ2) is 5.87. The van der Waals surface area contributed by atoms with Gasteiger partial charge >= 0.3 is 0 Å². The monoisotopic (exact) mass is 291 g/mol. The van der Waals surface area contributed by atoms with Crippen molar-refractivity contribution in [1.29, 1.82) is 0 Å². The molecule has 7 heteroatoms. The molecule has 1 unspecified atom stereocenters. The molecule has 1 saturated heterocycles. The van der Waals surface area contributed by atoms with Crippen molar-refractivity contribution < 1.29 is 9.84 Å². The molecule has 0 bridgehead atoms. The molecule has 2 aromatic rings. The first-order valence-electron chi connectivity index (χ1n) is 7.25. The number of aliphatic hydroxyl groups excluding tert-OH is 1. The Bertz CT molecular complexity index is 619. The van der Waals surface area contributed by atoms with Crippen LogP contribution in [0.4, 0.5) is 11.8 Å². The molecule has 2 aromatic heterocycles. The van der Waals surface area contributed by atoms with Gasteiger partial charge in [0.2, 0.25) is 5.95 Å². The average Bonchev–Trinajstić information content (AvgIpc) is 2.85. The minimum Gasteiger partial charge on any atom is -0.392 e. The number of aromatic amines is 1. The highest BCUT2D eigenvalue weighted by Gasteiger charge is 2.17. The molecule has 1 aliphatic heterocycles. The highest BCUT2D eigenvalue weighted by molar-refractivity contribution is 5.89. The van der Waals surface area contributed by atoms with Gasteiger partial charge in [0.25, 0.3) is 0 Å². The lowest BCUT2D eigenvalue weighted by molar-refractivity contribution is 0.122. The fourth-order valence-corrected chi connectivity index (χ4v) is 2.41. The molecule has 0 radical (unpaired) electrons. The number of hydrogen-bond donors (Lipinski definition) is 3. The average molecular weight is 291 g/mol. The van der Waals surface area contributed by atoms with Crippen molar-refractivity contribution in [3.05, 3.63) is 11.8 Å². The Balaban J connectivity index is 1.96. The first kappa shape index (κ1) is 14.1. The van der Waals surface area contributed by atoms with Crippen LogP contribution in [0, 0.1) is 6.92 Å². The van der Waals surface area contributed by atoms with Gasteiger partial charge in [-0.15, -0.1) is 0 Å². The molecule has 0 amide bonds. The minimum absolute atomic E-state index is 0.429. The molecular formula is C14H21N5O2. The number of fused-ring (bicyclic) bond motifs is 1. The van der Waals surface area contributed by atoms with Crippen LogP contribution in [0.2, 0.25) is 0 Å². The predicted molar refractivity (Wildman–Crippen MR) is 81.8 cm³/mol. The lowest BCUT2D eigenvalue weighted by atomic mass is 10.3. The van der Waals surface area contributed by atoms with E-state index in [0.717, 1.165) is 35.6 Å². The van der Waals surface area contributed by atoms with E-state index in [4.69, 9.17) is 4.74 Å². The summed E-state index contributed by atoms with van der Waals surface area (Å²) < 4.78 is 5.37. The van der Waals surface area contributed by atoms with Crippen LogP contribution in [-0.2, 0) is 4.74 Å². The SMILES string of the molecule is Cc1cc2c(NCC(C)O)nc(N3CCOCC3)nc2[nH]1. The summed E-state index contributed by atoms with van der Waals surface area (Å²) in [7, 11) is 0. The Morgan fingerprint density at radius 2 is 2.19 bits per heavy atom. The molecule has 3 N–H and O–H groups in total. The molecule has 7 nitrogen and oxygen atoms in total. The second-order valence-electron chi connectivity index (χ2n) is 5.42. The lowest BCUT2D eigenvalue weighted by Crippen LogP contribution is -2.37. The molecule has 0 saturated carbocycles. The second-order valence-corrected chi connectivity index (χ2v) is 5.42. The molecule has 0 aromatic carbocycles. The van der Waals surface area contributed by atoms with Crippen LogP contribution < -0.4 is 10.2 Å². The third-order valence-corrected chi connectivity index (χ3v) is 3.47. The van der Waals surface area contributed by atoms with Gasteiger partial charge in [0, 0.05) is 25.3 Å². The van der Waals surface area contributed by atoms with Gasteiger partial charge in [0.1, 0.15) is 11.5 Å². The van der Waals surface area contributed by atoms with Crippen molar-refractivity contribution in [2.24, 2.45) is 0 Å². The largest absolute Gasteiger partial charge is 0.392 e. The van der Waals surface area contributed by atoms with E-state index in [2.05, 4.69) is 25.2 Å². The van der Waals surface area contributed by atoms with E-state index in [0.29, 0.717) is 25.7 Å². The fraction of sp³-hybridized carbons (Fsp3) is 0.571. The molecule has 0 spiro atoms. The Labute approximate surface area is 123 Å². The summed E-state index contributed by atoms with van der Waals surface area (Å²) in [5.41, 5.74) is 1.86. The summed E-state index contributed by atoms with van der Waals surface area (Å²) in [4.78, 5) is 14.6. The number of nitrogens with zero attached hydrogens (tertiary/aromatic N) is 3. The van der Waals surface area contributed by atoms with Crippen LogP contribution in [0.15, 0.2) is 6.07 Å². The van der Waals surface area contributed by atoms with Crippen molar-refractivity contribution in [2.75, 3.05) is 43.1 Å².